The summed E-state index contributed by atoms with van der Waals surface area (Å²) in [5.41, 5.74) is -0.0145. The van der Waals surface area contributed by atoms with E-state index in [1.807, 2.05) is 18.2 Å². The molecule has 0 atom stereocenters. The summed E-state index contributed by atoms with van der Waals surface area (Å²) < 4.78 is 7.19. The van der Waals surface area contributed by atoms with E-state index in [4.69, 9.17) is 16.3 Å². The quantitative estimate of drug-likeness (QED) is 0.799. The molecule has 1 aromatic carbocycles. The SMILES string of the molecule is CC(C)NCCC1(Oc2ccc(Br)cc2Cl)CCC1. The molecule has 2 nitrogen and oxygen atoms in total. The second-order valence-electron chi connectivity index (χ2n) is 5.57. The van der Waals surface area contributed by atoms with Crippen molar-refractivity contribution in [2.75, 3.05) is 6.54 Å². The molecular weight excluding hydrogens is 326 g/mol. The molecule has 0 spiro atoms. The van der Waals surface area contributed by atoms with Gasteiger partial charge in [0.25, 0.3) is 0 Å². The van der Waals surface area contributed by atoms with E-state index in [0.717, 1.165) is 36.0 Å². The van der Waals surface area contributed by atoms with Gasteiger partial charge in [-0.05, 0) is 50.4 Å². The van der Waals surface area contributed by atoms with Crippen LogP contribution in [0.2, 0.25) is 5.02 Å². The summed E-state index contributed by atoms with van der Waals surface area (Å²) >= 11 is 9.65. The topological polar surface area (TPSA) is 21.3 Å². The first-order chi connectivity index (χ1) is 9.01. The largest absolute Gasteiger partial charge is 0.486 e. The fourth-order valence-electron chi connectivity index (χ4n) is 2.35. The minimum atomic E-state index is -0.0145. The molecule has 1 saturated carbocycles. The molecular formula is C15H21BrClNO. The van der Waals surface area contributed by atoms with E-state index < -0.39 is 0 Å². The first kappa shape index (κ1) is 15.1. The average Bonchev–Trinajstić information content (AvgIpc) is 2.28. The molecule has 0 saturated heterocycles. The Morgan fingerprint density at radius 1 is 1.42 bits per heavy atom. The molecule has 0 radical (unpaired) electrons. The first-order valence-corrected chi connectivity index (χ1v) is 8.05. The number of hydrogen-bond donors (Lipinski definition) is 1. The molecule has 1 N–H and O–H groups in total. The fraction of sp³-hybridized carbons (Fsp3) is 0.600. The fourth-order valence-corrected chi connectivity index (χ4v) is 3.07. The Morgan fingerprint density at radius 2 is 2.16 bits per heavy atom. The van der Waals surface area contributed by atoms with Gasteiger partial charge in [-0.25, -0.2) is 0 Å². The van der Waals surface area contributed by atoms with Crippen LogP contribution < -0.4 is 10.1 Å². The van der Waals surface area contributed by atoms with Crippen molar-refractivity contribution in [2.24, 2.45) is 0 Å². The summed E-state index contributed by atoms with van der Waals surface area (Å²) in [5.74, 6) is 0.800. The van der Waals surface area contributed by atoms with Crippen LogP contribution >= 0.6 is 27.5 Å². The van der Waals surface area contributed by atoms with Crippen molar-refractivity contribution < 1.29 is 4.74 Å². The Bertz CT molecular complexity index is 432. The molecule has 1 aromatic rings. The molecule has 0 aromatic heterocycles. The zero-order valence-corrected chi connectivity index (χ0v) is 13.9. The van der Waals surface area contributed by atoms with Crippen LogP contribution in [0.25, 0.3) is 0 Å². The second-order valence-corrected chi connectivity index (χ2v) is 6.90. The molecule has 4 heteroatoms. The summed E-state index contributed by atoms with van der Waals surface area (Å²) in [6.07, 6.45) is 4.53. The van der Waals surface area contributed by atoms with Crippen molar-refractivity contribution >= 4 is 27.5 Å². The lowest BCUT2D eigenvalue weighted by Crippen LogP contribution is -2.46. The minimum Gasteiger partial charge on any atom is -0.486 e. The van der Waals surface area contributed by atoms with Crippen molar-refractivity contribution in [3.05, 3.63) is 27.7 Å². The smallest absolute Gasteiger partial charge is 0.138 e. The summed E-state index contributed by atoms with van der Waals surface area (Å²) in [7, 11) is 0. The molecule has 1 aliphatic carbocycles. The summed E-state index contributed by atoms with van der Waals surface area (Å²) in [4.78, 5) is 0. The van der Waals surface area contributed by atoms with E-state index in [2.05, 4.69) is 35.1 Å². The van der Waals surface area contributed by atoms with Gasteiger partial charge in [0.15, 0.2) is 0 Å². The van der Waals surface area contributed by atoms with Gasteiger partial charge in [-0.1, -0.05) is 41.4 Å². The maximum absolute atomic E-state index is 6.23. The normalized spacial score (nSPS) is 17.3. The molecule has 0 unspecified atom stereocenters. The molecule has 0 bridgehead atoms. The van der Waals surface area contributed by atoms with E-state index in [0.29, 0.717) is 11.1 Å². The van der Waals surface area contributed by atoms with E-state index >= 15 is 0 Å². The number of nitrogens with one attached hydrogen (secondary N) is 1. The van der Waals surface area contributed by atoms with Crippen molar-refractivity contribution in [1.29, 1.82) is 0 Å². The first-order valence-electron chi connectivity index (χ1n) is 6.88. The molecule has 1 aliphatic rings. The number of hydrogen-bond acceptors (Lipinski definition) is 2. The van der Waals surface area contributed by atoms with Gasteiger partial charge in [-0.3, -0.25) is 0 Å². The van der Waals surface area contributed by atoms with Gasteiger partial charge in [0.05, 0.1) is 5.02 Å². The van der Waals surface area contributed by atoms with Gasteiger partial charge in [0.1, 0.15) is 11.4 Å². The Morgan fingerprint density at radius 3 is 2.68 bits per heavy atom. The minimum absolute atomic E-state index is 0.0145. The standard InChI is InChI=1S/C15H21BrClNO/c1-11(2)18-9-8-15(6-3-7-15)19-14-5-4-12(16)10-13(14)17/h4-5,10-11,18H,3,6-9H2,1-2H3. The predicted octanol–water partition coefficient (Wildman–Crippen LogP) is 4.79. The van der Waals surface area contributed by atoms with Gasteiger partial charge in [-0.2, -0.15) is 0 Å². The van der Waals surface area contributed by atoms with Crippen molar-refractivity contribution in [3.8, 4) is 5.75 Å². The van der Waals surface area contributed by atoms with Crippen molar-refractivity contribution in [3.63, 3.8) is 0 Å². The Hall–Kier alpha value is -0.250. The van der Waals surface area contributed by atoms with Gasteiger partial charge in [0.2, 0.25) is 0 Å². The molecule has 0 heterocycles. The number of ether oxygens (including phenoxy) is 1. The highest BCUT2D eigenvalue weighted by molar-refractivity contribution is 9.10. The second kappa shape index (κ2) is 6.47. The number of halogens is 2. The molecule has 0 aliphatic heterocycles. The van der Waals surface area contributed by atoms with Crippen LogP contribution in [0.1, 0.15) is 39.5 Å². The van der Waals surface area contributed by atoms with Crippen LogP contribution in [-0.4, -0.2) is 18.2 Å². The van der Waals surface area contributed by atoms with E-state index in [-0.39, 0.29) is 5.60 Å². The third-order valence-corrected chi connectivity index (χ3v) is 4.41. The monoisotopic (exact) mass is 345 g/mol. The van der Waals surface area contributed by atoms with Crippen LogP contribution in [0.3, 0.4) is 0 Å². The van der Waals surface area contributed by atoms with Gasteiger partial charge < -0.3 is 10.1 Å². The summed E-state index contributed by atoms with van der Waals surface area (Å²) in [6.45, 7) is 5.33. The van der Waals surface area contributed by atoms with Crippen LogP contribution in [0.5, 0.6) is 5.75 Å². The van der Waals surface area contributed by atoms with Gasteiger partial charge >= 0.3 is 0 Å². The van der Waals surface area contributed by atoms with Crippen LogP contribution in [0.15, 0.2) is 22.7 Å². The predicted molar refractivity (Wildman–Crippen MR) is 84.1 cm³/mol. The lowest BCUT2D eigenvalue weighted by Gasteiger charge is -2.42. The molecule has 0 amide bonds. The third kappa shape index (κ3) is 4.11. The maximum Gasteiger partial charge on any atom is 0.138 e. The molecule has 106 valence electrons. The van der Waals surface area contributed by atoms with Crippen molar-refractivity contribution in [2.45, 2.75) is 51.2 Å². The molecule has 19 heavy (non-hydrogen) atoms. The van der Waals surface area contributed by atoms with Crippen LogP contribution in [0.4, 0.5) is 0 Å². The zero-order valence-electron chi connectivity index (χ0n) is 11.5. The van der Waals surface area contributed by atoms with Crippen LogP contribution in [0, 0.1) is 0 Å². The maximum atomic E-state index is 6.23. The summed E-state index contributed by atoms with van der Waals surface area (Å²) in [5, 5.41) is 4.14. The molecule has 2 rings (SSSR count). The zero-order chi connectivity index (χ0) is 13.9. The Kier molecular flexibility index (Phi) is 5.15. The van der Waals surface area contributed by atoms with Crippen LogP contribution in [-0.2, 0) is 0 Å². The Balaban J connectivity index is 1.98. The van der Waals surface area contributed by atoms with Gasteiger partial charge in [-0.15, -0.1) is 0 Å². The lowest BCUT2D eigenvalue weighted by atomic mass is 9.77. The summed E-state index contributed by atoms with van der Waals surface area (Å²) in [6, 6.07) is 6.33. The van der Waals surface area contributed by atoms with E-state index in [9.17, 15) is 0 Å². The highest BCUT2D eigenvalue weighted by Crippen LogP contribution is 2.41. The van der Waals surface area contributed by atoms with Crippen molar-refractivity contribution in [1.82, 2.24) is 5.32 Å². The van der Waals surface area contributed by atoms with Gasteiger partial charge in [0, 0.05) is 10.5 Å². The third-order valence-electron chi connectivity index (χ3n) is 3.62. The van der Waals surface area contributed by atoms with E-state index in [1.165, 1.54) is 6.42 Å². The van der Waals surface area contributed by atoms with E-state index in [1.54, 1.807) is 0 Å². The highest BCUT2D eigenvalue weighted by Gasteiger charge is 2.39. The number of benzene rings is 1. The highest BCUT2D eigenvalue weighted by atomic mass is 79.9. The molecule has 1 fully saturated rings. The Labute approximate surface area is 129 Å². The lowest BCUT2D eigenvalue weighted by molar-refractivity contribution is -0.0144. The average molecular weight is 347 g/mol. The number of rotatable bonds is 6.